The van der Waals surface area contributed by atoms with Gasteiger partial charge in [0.15, 0.2) is 5.75 Å². The number of aryl methyl sites for hydroxylation is 2. The highest BCUT2D eigenvalue weighted by atomic mass is 16.5. The lowest BCUT2D eigenvalue weighted by molar-refractivity contribution is 0.286. The molecule has 3 heterocycles. The first kappa shape index (κ1) is 11.3. The minimum absolute atomic E-state index is 0.0968. The number of aromatic nitrogens is 3. The Morgan fingerprint density at radius 2 is 2.20 bits per heavy atom. The molecule has 0 bridgehead atoms. The number of imidazole rings is 1. The van der Waals surface area contributed by atoms with Gasteiger partial charge in [-0.3, -0.25) is 4.57 Å². The molecule has 0 radical (unpaired) electrons. The highest BCUT2D eigenvalue weighted by molar-refractivity contribution is 5.92. The fourth-order valence-electron chi connectivity index (χ4n) is 2.89. The molecular formula is C14H13N3O3. The van der Waals surface area contributed by atoms with Crippen molar-refractivity contribution in [3.63, 3.8) is 0 Å². The van der Waals surface area contributed by atoms with Gasteiger partial charge in [-0.15, -0.1) is 0 Å². The van der Waals surface area contributed by atoms with Gasteiger partial charge in [-0.2, -0.15) is 0 Å². The summed E-state index contributed by atoms with van der Waals surface area (Å²) in [6.07, 6.45) is 0. The summed E-state index contributed by atoms with van der Waals surface area (Å²) in [6.45, 7) is 4.83. The van der Waals surface area contributed by atoms with Crippen molar-refractivity contribution in [2.45, 2.75) is 20.4 Å². The van der Waals surface area contributed by atoms with E-state index in [2.05, 4.69) is 10.1 Å². The molecule has 6 heteroatoms. The van der Waals surface area contributed by atoms with Gasteiger partial charge in [-0.05, 0) is 26.0 Å². The van der Waals surface area contributed by atoms with E-state index in [1.54, 1.807) is 4.57 Å². The maximum absolute atomic E-state index is 11.9. The Morgan fingerprint density at radius 3 is 2.95 bits per heavy atom. The number of nitrogens with one attached hydrogen (secondary N) is 1. The standard InChI is InChI=1S/C14H13N3O3/c1-7-11(8(2)20-16-7)9-3-4-10-12-13(9)19-6-5-17(12)14(18)15-10/h3-4H,5-6H2,1-2H3,(H,15,18). The molecule has 0 spiro atoms. The Labute approximate surface area is 114 Å². The summed E-state index contributed by atoms with van der Waals surface area (Å²) in [5, 5.41) is 3.99. The highest BCUT2D eigenvalue weighted by Crippen LogP contribution is 2.40. The van der Waals surface area contributed by atoms with Crippen molar-refractivity contribution in [3.8, 4) is 16.9 Å². The van der Waals surface area contributed by atoms with Crippen LogP contribution in [0.5, 0.6) is 5.75 Å². The maximum atomic E-state index is 11.9. The van der Waals surface area contributed by atoms with Crippen molar-refractivity contribution >= 4 is 11.0 Å². The molecule has 0 saturated heterocycles. The quantitative estimate of drug-likeness (QED) is 0.734. The molecule has 6 nitrogen and oxygen atoms in total. The van der Waals surface area contributed by atoms with Gasteiger partial charge in [0, 0.05) is 5.56 Å². The Morgan fingerprint density at radius 1 is 1.35 bits per heavy atom. The van der Waals surface area contributed by atoms with Crippen LogP contribution in [0.15, 0.2) is 21.5 Å². The molecule has 102 valence electrons. The molecule has 1 N–H and O–H groups in total. The van der Waals surface area contributed by atoms with E-state index >= 15 is 0 Å². The van der Waals surface area contributed by atoms with Gasteiger partial charge in [-0.1, -0.05) is 5.16 Å². The van der Waals surface area contributed by atoms with Crippen LogP contribution in [0.25, 0.3) is 22.2 Å². The number of rotatable bonds is 1. The van der Waals surface area contributed by atoms with Crippen LogP contribution in [-0.4, -0.2) is 21.3 Å². The summed E-state index contributed by atoms with van der Waals surface area (Å²) < 4.78 is 12.8. The van der Waals surface area contributed by atoms with Crippen LogP contribution < -0.4 is 10.4 Å². The molecule has 2 aromatic heterocycles. The van der Waals surface area contributed by atoms with Gasteiger partial charge in [0.2, 0.25) is 0 Å². The second-order valence-corrected chi connectivity index (χ2v) is 4.97. The van der Waals surface area contributed by atoms with Crippen molar-refractivity contribution < 1.29 is 9.26 Å². The van der Waals surface area contributed by atoms with E-state index in [9.17, 15) is 4.79 Å². The molecule has 0 unspecified atom stereocenters. The number of hydrogen-bond donors (Lipinski definition) is 1. The molecule has 0 atom stereocenters. The smallest absolute Gasteiger partial charge is 0.326 e. The second-order valence-electron chi connectivity index (χ2n) is 4.97. The molecular weight excluding hydrogens is 258 g/mol. The zero-order valence-corrected chi connectivity index (χ0v) is 11.2. The first-order valence-electron chi connectivity index (χ1n) is 6.48. The van der Waals surface area contributed by atoms with Crippen LogP contribution in [0.4, 0.5) is 0 Å². The van der Waals surface area contributed by atoms with Crippen LogP contribution >= 0.6 is 0 Å². The molecule has 0 saturated carbocycles. The Kier molecular flexibility index (Phi) is 2.13. The van der Waals surface area contributed by atoms with E-state index in [0.29, 0.717) is 13.2 Å². The molecule has 4 rings (SSSR count). The molecule has 1 aromatic carbocycles. The van der Waals surface area contributed by atoms with E-state index < -0.39 is 0 Å². The number of hydrogen-bond acceptors (Lipinski definition) is 4. The molecule has 1 aliphatic rings. The van der Waals surface area contributed by atoms with Crippen molar-refractivity contribution in [3.05, 3.63) is 34.1 Å². The van der Waals surface area contributed by atoms with Crippen LogP contribution in [0.2, 0.25) is 0 Å². The monoisotopic (exact) mass is 271 g/mol. The van der Waals surface area contributed by atoms with Crippen LogP contribution in [0.1, 0.15) is 11.5 Å². The third-order valence-electron chi connectivity index (χ3n) is 3.75. The van der Waals surface area contributed by atoms with Crippen molar-refractivity contribution in [1.29, 1.82) is 0 Å². The lowest BCUT2D eigenvalue weighted by Crippen LogP contribution is -2.23. The maximum Gasteiger partial charge on any atom is 0.326 e. The van der Waals surface area contributed by atoms with Gasteiger partial charge >= 0.3 is 5.69 Å². The van der Waals surface area contributed by atoms with Gasteiger partial charge in [-0.25, -0.2) is 4.79 Å². The minimum atomic E-state index is -0.0968. The average molecular weight is 271 g/mol. The van der Waals surface area contributed by atoms with Crippen molar-refractivity contribution in [2.24, 2.45) is 0 Å². The summed E-state index contributed by atoms with van der Waals surface area (Å²) in [7, 11) is 0. The van der Waals surface area contributed by atoms with E-state index in [-0.39, 0.29) is 5.69 Å². The van der Waals surface area contributed by atoms with E-state index in [1.165, 1.54) is 0 Å². The Hall–Kier alpha value is -2.50. The van der Waals surface area contributed by atoms with Crippen LogP contribution in [0, 0.1) is 13.8 Å². The average Bonchev–Trinajstić information content (AvgIpc) is 2.94. The van der Waals surface area contributed by atoms with Crippen molar-refractivity contribution in [2.75, 3.05) is 6.61 Å². The van der Waals surface area contributed by atoms with Gasteiger partial charge in [0.25, 0.3) is 0 Å². The van der Waals surface area contributed by atoms with Crippen molar-refractivity contribution in [1.82, 2.24) is 14.7 Å². The third kappa shape index (κ3) is 1.33. The summed E-state index contributed by atoms with van der Waals surface area (Å²) in [6, 6.07) is 3.84. The zero-order valence-electron chi connectivity index (χ0n) is 11.2. The second kappa shape index (κ2) is 3.75. The number of nitrogens with zero attached hydrogens (tertiary/aromatic N) is 2. The van der Waals surface area contributed by atoms with Gasteiger partial charge < -0.3 is 14.2 Å². The molecule has 1 aliphatic heterocycles. The zero-order chi connectivity index (χ0) is 13.9. The fourth-order valence-corrected chi connectivity index (χ4v) is 2.89. The first-order valence-corrected chi connectivity index (χ1v) is 6.48. The van der Waals surface area contributed by atoms with Gasteiger partial charge in [0.05, 0.1) is 23.3 Å². The lowest BCUT2D eigenvalue weighted by Gasteiger charge is -2.18. The largest absolute Gasteiger partial charge is 0.489 e. The molecule has 0 amide bonds. The first-order chi connectivity index (χ1) is 9.66. The SMILES string of the molecule is Cc1noc(C)c1-c1ccc2[nH]c(=O)n3c2c1OCC3. The Bertz CT molecular complexity index is 866. The normalized spacial score (nSPS) is 13.7. The molecule has 0 aliphatic carbocycles. The van der Waals surface area contributed by atoms with Gasteiger partial charge in [0.1, 0.15) is 17.9 Å². The highest BCUT2D eigenvalue weighted by Gasteiger charge is 2.23. The number of aromatic amines is 1. The number of H-pyrrole nitrogens is 1. The van der Waals surface area contributed by atoms with Crippen LogP contribution in [-0.2, 0) is 6.54 Å². The van der Waals surface area contributed by atoms with E-state index in [4.69, 9.17) is 9.26 Å². The predicted octanol–water partition coefficient (Wildman–Crippen LogP) is 1.99. The molecule has 20 heavy (non-hydrogen) atoms. The summed E-state index contributed by atoms with van der Waals surface area (Å²) in [5.41, 5.74) is 4.18. The number of ether oxygens (including phenoxy) is 1. The molecule has 3 aromatic rings. The summed E-state index contributed by atoms with van der Waals surface area (Å²) in [5.74, 6) is 1.47. The summed E-state index contributed by atoms with van der Waals surface area (Å²) in [4.78, 5) is 14.8. The third-order valence-corrected chi connectivity index (χ3v) is 3.75. The summed E-state index contributed by atoms with van der Waals surface area (Å²) >= 11 is 0. The lowest BCUT2D eigenvalue weighted by atomic mass is 10.0. The topological polar surface area (TPSA) is 73.0 Å². The van der Waals surface area contributed by atoms with E-state index in [0.717, 1.165) is 39.4 Å². The predicted molar refractivity (Wildman–Crippen MR) is 73.0 cm³/mol. The van der Waals surface area contributed by atoms with Crippen LogP contribution in [0.3, 0.4) is 0 Å². The molecule has 0 fully saturated rings. The Balaban J connectivity index is 2.13. The van der Waals surface area contributed by atoms with E-state index in [1.807, 2.05) is 26.0 Å². The minimum Gasteiger partial charge on any atom is -0.489 e. The fraction of sp³-hybridized carbons (Fsp3) is 0.286. The number of benzene rings is 1.